The Balaban J connectivity index is 1.86. The van der Waals surface area contributed by atoms with E-state index in [1.165, 1.54) is 12.4 Å². The molecule has 0 unspecified atom stereocenters. The maximum absolute atomic E-state index is 14.1. The molecule has 1 aromatic carbocycles. The highest BCUT2D eigenvalue weighted by Crippen LogP contribution is 2.49. The monoisotopic (exact) mass is 316 g/mol. The van der Waals surface area contributed by atoms with Crippen LogP contribution in [0.25, 0.3) is 0 Å². The van der Waals surface area contributed by atoms with Crippen LogP contribution in [0, 0.1) is 11.7 Å². The molecule has 0 bridgehead atoms. The van der Waals surface area contributed by atoms with Gasteiger partial charge in [-0.15, -0.1) is 0 Å². The predicted octanol–water partition coefficient (Wildman–Crippen LogP) is 2.50. The molecule has 6 heteroatoms. The van der Waals surface area contributed by atoms with Crippen LogP contribution >= 0.6 is 0 Å². The summed E-state index contributed by atoms with van der Waals surface area (Å²) in [5.74, 6) is 0.403. The zero-order valence-corrected chi connectivity index (χ0v) is 13.6. The van der Waals surface area contributed by atoms with Crippen molar-refractivity contribution in [2.45, 2.75) is 38.1 Å². The summed E-state index contributed by atoms with van der Waals surface area (Å²) in [6, 6.07) is 6.27. The lowest BCUT2D eigenvalue weighted by molar-refractivity contribution is -0.124. The maximum atomic E-state index is 14.1. The summed E-state index contributed by atoms with van der Waals surface area (Å²) in [4.78, 5) is 17.1. The van der Waals surface area contributed by atoms with Gasteiger partial charge in [0.2, 0.25) is 5.91 Å². The molecule has 0 radical (unpaired) electrons. The van der Waals surface area contributed by atoms with E-state index in [4.69, 9.17) is 0 Å². The second-order valence-electron chi connectivity index (χ2n) is 6.50. The molecule has 0 spiro atoms. The summed E-state index contributed by atoms with van der Waals surface area (Å²) in [7, 11) is 1.80. The first kappa shape index (κ1) is 15.6. The second-order valence-corrected chi connectivity index (χ2v) is 6.50. The van der Waals surface area contributed by atoms with Crippen molar-refractivity contribution in [1.82, 2.24) is 20.1 Å². The van der Waals surface area contributed by atoms with Crippen LogP contribution in [0.2, 0.25) is 0 Å². The number of nitrogens with one attached hydrogen (secondary N) is 1. The molecule has 23 heavy (non-hydrogen) atoms. The third kappa shape index (κ3) is 2.73. The molecule has 0 aliphatic heterocycles. The first-order valence-electron chi connectivity index (χ1n) is 7.85. The molecular formula is C17H21FN4O. The zero-order valence-electron chi connectivity index (χ0n) is 13.6. The van der Waals surface area contributed by atoms with Crippen LogP contribution in [0.3, 0.4) is 0 Å². The molecule has 1 aromatic heterocycles. The molecule has 0 saturated heterocycles. The smallest absolute Gasteiger partial charge is 0.231 e. The van der Waals surface area contributed by atoms with Crippen LogP contribution in [-0.2, 0) is 17.3 Å². The van der Waals surface area contributed by atoms with Crippen molar-refractivity contribution >= 4 is 5.91 Å². The Morgan fingerprint density at radius 1 is 1.35 bits per heavy atom. The number of rotatable bonds is 5. The summed E-state index contributed by atoms with van der Waals surface area (Å²) in [5, 5.41) is 7.13. The van der Waals surface area contributed by atoms with E-state index in [9.17, 15) is 9.18 Å². The van der Waals surface area contributed by atoms with E-state index in [2.05, 4.69) is 15.4 Å². The fourth-order valence-corrected chi connectivity index (χ4v) is 2.99. The Morgan fingerprint density at radius 3 is 2.57 bits per heavy atom. The number of aryl methyl sites for hydroxylation is 1. The number of carbonyl (C=O) groups is 1. The first-order valence-corrected chi connectivity index (χ1v) is 7.85. The van der Waals surface area contributed by atoms with Gasteiger partial charge in [-0.05, 0) is 24.8 Å². The summed E-state index contributed by atoms with van der Waals surface area (Å²) in [6.45, 7) is 4.03. The highest BCUT2D eigenvalue weighted by Gasteiger charge is 2.53. The second kappa shape index (κ2) is 5.76. The van der Waals surface area contributed by atoms with Gasteiger partial charge in [0.1, 0.15) is 18.0 Å². The molecule has 1 amide bonds. The molecule has 1 saturated carbocycles. The predicted molar refractivity (Wildman–Crippen MR) is 84.0 cm³/mol. The SMILES string of the molecule is CC(C)[C@H](NC(=O)C1(c2ccccc2F)CC1)c1ncnn1C. The van der Waals surface area contributed by atoms with Crippen molar-refractivity contribution in [3.63, 3.8) is 0 Å². The Hall–Kier alpha value is -2.24. The lowest BCUT2D eigenvalue weighted by Crippen LogP contribution is -2.40. The highest BCUT2D eigenvalue weighted by atomic mass is 19.1. The summed E-state index contributed by atoms with van der Waals surface area (Å²) in [5.41, 5.74) is -0.255. The van der Waals surface area contributed by atoms with E-state index >= 15 is 0 Å². The maximum Gasteiger partial charge on any atom is 0.231 e. The minimum Gasteiger partial charge on any atom is -0.345 e. The van der Waals surface area contributed by atoms with Crippen molar-refractivity contribution < 1.29 is 9.18 Å². The van der Waals surface area contributed by atoms with Crippen molar-refractivity contribution in [3.8, 4) is 0 Å². The van der Waals surface area contributed by atoms with Crippen LogP contribution in [-0.4, -0.2) is 20.7 Å². The number of carbonyl (C=O) groups excluding carboxylic acids is 1. The van der Waals surface area contributed by atoms with Crippen LogP contribution in [0.5, 0.6) is 0 Å². The van der Waals surface area contributed by atoms with Gasteiger partial charge in [-0.3, -0.25) is 9.48 Å². The van der Waals surface area contributed by atoms with E-state index in [-0.39, 0.29) is 23.7 Å². The number of amides is 1. The topological polar surface area (TPSA) is 59.8 Å². The molecule has 2 aromatic rings. The molecule has 1 heterocycles. The fourth-order valence-electron chi connectivity index (χ4n) is 2.99. The molecule has 1 fully saturated rings. The number of aromatic nitrogens is 3. The van der Waals surface area contributed by atoms with Gasteiger partial charge in [0.25, 0.3) is 0 Å². The van der Waals surface area contributed by atoms with Crippen LogP contribution in [0.1, 0.15) is 44.1 Å². The standard InChI is InChI=1S/C17H21FN4O/c1-11(2)14(15-19-10-20-22(15)3)21-16(23)17(8-9-17)12-6-4-5-7-13(12)18/h4-7,10-11,14H,8-9H2,1-3H3,(H,21,23)/t14-/m0/s1. The molecule has 1 N–H and O–H groups in total. The lowest BCUT2D eigenvalue weighted by atomic mass is 9.93. The van der Waals surface area contributed by atoms with Gasteiger partial charge < -0.3 is 5.32 Å². The van der Waals surface area contributed by atoms with E-state index < -0.39 is 5.41 Å². The fraction of sp³-hybridized carbons (Fsp3) is 0.471. The Labute approximate surface area is 134 Å². The van der Waals surface area contributed by atoms with Crippen LogP contribution in [0.4, 0.5) is 4.39 Å². The Kier molecular flexibility index (Phi) is 3.92. The van der Waals surface area contributed by atoms with Crippen molar-refractivity contribution in [1.29, 1.82) is 0 Å². The van der Waals surface area contributed by atoms with E-state index in [1.807, 2.05) is 13.8 Å². The summed E-state index contributed by atoms with van der Waals surface area (Å²) < 4.78 is 15.8. The van der Waals surface area contributed by atoms with Crippen molar-refractivity contribution in [3.05, 3.63) is 47.8 Å². The van der Waals surface area contributed by atoms with Gasteiger partial charge in [-0.2, -0.15) is 5.10 Å². The molecule has 5 nitrogen and oxygen atoms in total. The van der Waals surface area contributed by atoms with Gasteiger partial charge in [-0.25, -0.2) is 9.37 Å². The Morgan fingerprint density at radius 2 is 2.04 bits per heavy atom. The molecule has 1 aliphatic rings. The number of halogens is 1. The van der Waals surface area contributed by atoms with Gasteiger partial charge in [0.05, 0.1) is 11.5 Å². The quantitative estimate of drug-likeness (QED) is 0.922. The summed E-state index contributed by atoms with van der Waals surface area (Å²) in [6.07, 6.45) is 2.81. The highest BCUT2D eigenvalue weighted by molar-refractivity contribution is 5.91. The number of benzene rings is 1. The van der Waals surface area contributed by atoms with Gasteiger partial charge in [0.15, 0.2) is 0 Å². The number of nitrogens with zero attached hydrogens (tertiary/aromatic N) is 3. The Bertz CT molecular complexity index is 721. The molecular weight excluding hydrogens is 295 g/mol. The summed E-state index contributed by atoms with van der Waals surface area (Å²) >= 11 is 0. The van der Waals surface area contributed by atoms with E-state index in [0.717, 1.165) is 0 Å². The van der Waals surface area contributed by atoms with Crippen molar-refractivity contribution in [2.24, 2.45) is 13.0 Å². The molecule has 1 atom stereocenters. The largest absolute Gasteiger partial charge is 0.345 e. The van der Waals surface area contributed by atoms with E-state index in [0.29, 0.717) is 24.2 Å². The normalized spacial score (nSPS) is 17.1. The number of hydrogen-bond donors (Lipinski definition) is 1. The average Bonchev–Trinajstić information content (AvgIpc) is 3.21. The van der Waals surface area contributed by atoms with E-state index in [1.54, 1.807) is 29.9 Å². The zero-order chi connectivity index (χ0) is 16.6. The first-order chi connectivity index (χ1) is 11.0. The average molecular weight is 316 g/mol. The van der Waals surface area contributed by atoms with Gasteiger partial charge >= 0.3 is 0 Å². The number of hydrogen-bond acceptors (Lipinski definition) is 3. The minimum atomic E-state index is -0.739. The molecule has 122 valence electrons. The molecule has 1 aliphatic carbocycles. The lowest BCUT2D eigenvalue weighted by Gasteiger charge is -2.25. The third-order valence-electron chi connectivity index (χ3n) is 4.55. The van der Waals surface area contributed by atoms with Crippen LogP contribution in [0.15, 0.2) is 30.6 Å². The van der Waals surface area contributed by atoms with Crippen LogP contribution < -0.4 is 5.32 Å². The van der Waals surface area contributed by atoms with Gasteiger partial charge in [0, 0.05) is 12.6 Å². The molecule has 3 rings (SSSR count). The van der Waals surface area contributed by atoms with Gasteiger partial charge in [-0.1, -0.05) is 32.0 Å². The third-order valence-corrected chi connectivity index (χ3v) is 4.55. The van der Waals surface area contributed by atoms with Crippen molar-refractivity contribution in [2.75, 3.05) is 0 Å². The minimum absolute atomic E-state index is 0.135.